The van der Waals surface area contributed by atoms with Crippen molar-refractivity contribution in [1.29, 1.82) is 0 Å². The Morgan fingerprint density at radius 2 is 2.05 bits per heavy atom. The van der Waals surface area contributed by atoms with Gasteiger partial charge in [-0.05, 0) is 52.3 Å². The van der Waals surface area contributed by atoms with Gasteiger partial charge >= 0.3 is 0 Å². The topological polar surface area (TPSA) is 77.2 Å². The van der Waals surface area contributed by atoms with E-state index in [1.807, 2.05) is 12.1 Å². The van der Waals surface area contributed by atoms with Gasteiger partial charge in [-0.2, -0.15) is 0 Å². The summed E-state index contributed by atoms with van der Waals surface area (Å²) in [5, 5.41) is 0.955. The van der Waals surface area contributed by atoms with Crippen molar-refractivity contribution in [3.05, 3.63) is 52.6 Å². The molecule has 21 heavy (non-hydrogen) atoms. The van der Waals surface area contributed by atoms with Crippen molar-refractivity contribution in [2.75, 3.05) is 12.4 Å². The Morgan fingerprint density at radius 3 is 2.67 bits per heavy atom. The molecular formula is C14H14BrN3O2S. The average molecular weight is 368 g/mol. The Morgan fingerprint density at radius 1 is 1.29 bits per heavy atom. The summed E-state index contributed by atoms with van der Waals surface area (Å²) in [7, 11) is 0. The molecular weight excluding hydrogens is 354 g/mol. The number of thioether (sulfide) groups is 1. The number of benzene rings is 1. The second kappa shape index (κ2) is 8.02. The van der Waals surface area contributed by atoms with E-state index < -0.39 is 0 Å². The van der Waals surface area contributed by atoms with Gasteiger partial charge < -0.3 is 4.74 Å². The van der Waals surface area contributed by atoms with Crippen LogP contribution in [0.1, 0.15) is 10.4 Å². The standard InChI is InChI=1S/C14H14BrN3O2S/c15-11-3-6-13(17-9-11)21-8-7-20-12-4-1-10(2-5-12)14(19)18-16/h1-6,9H,7-8,16H2,(H,18,19). The molecule has 1 amide bonds. The molecule has 0 aliphatic rings. The number of hydrogen-bond donors (Lipinski definition) is 2. The third kappa shape index (κ3) is 5.04. The number of halogens is 1. The van der Waals surface area contributed by atoms with Gasteiger partial charge in [-0.25, -0.2) is 10.8 Å². The average Bonchev–Trinajstić information content (AvgIpc) is 2.53. The van der Waals surface area contributed by atoms with Crippen LogP contribution in [0.3, 0.4) is 0 Å². The Kier molecular flexibility index (Phi) is 6.04. The molecule has 2 rings (SSSR count). The highest BCUT2D eigenvalue weighted by Crippen LogP contribution is 2.18. The summed E-state index contributed by atoms with van der Waals surface area (Å²) in [6.07, 6.45) is 1.77. The third-order valence-corrected chi connectivity index (χ3v) is 3.93. The molecule has 1 aromatic carbocycles. The highest BCUT2D eigenvalue weighted by atomic mass is 79.9. The number of carbonyl (C=O) groups is 1. The summed E-state index contributed by atoms with van der Waals surface area (Å²) in [4.78, 5) is 15.5. The monoisotopic (exact) mass is 367 g/mol. The van der Waals surface area contributed by atoms with Crippen LogP contribution in [0.4, 0.5) is 0 Å². The van der Waals surface area contributed by atoms with Gasteiger partial charge in [0.05, 0.1) is 11.6 Å². The molecule has 2 aromatic rings. The number of nitrogens with one attached hydrogen (secondary N) is 1. The van der Waals surface area contributed by atoms with Crippen molar-refractivity contribution < 1.29 is 9.53 Å². The first kappa shape index (κ1) is 15.8. The molecule has 7 heteroatoms. The summed E-state index contributed by atoms with van der Waals surface area (Å²) in [5.74, 6) is 6.25. The molecule has 0 aliphatic heterocycles. The SMILES string of the molecule is NNC(=O)c1ccc(OCCSc2ccc(Br)cn2)cc1. The lowest BCUT2D eigenvalue weighted by Crippen LogP contribution is -2.29. The van der Waals surface area contributed by atoms with Crippen molar-refractivity contribution in [3.63, 3.8) is 0 Å². The number of pyridine rings is 1. The smallest absolute Gasteiger partial charge is 0.265 e. The number of ether oxygens (including phenoxy) is 1. The zero-order valence-corrected chi connectivity index (χ0v) is 13.5. The van der Waals surface area contributed by atoms with Crippen LogP contribution in [0.15, 0.2) is 52.1 Å². The molecule has 5 nitrogen and oxygen atoms in total. The molecule has 0 aliphatic carbocycles. The third-order valence-electron chi connectivity index (χ3n) is 2.55. The van der Waals surface area contributed by atoms with Crippen molar-refractivity contribution in [1.82, 2.24) is 10.4 Å². The number of hydrogen-bond acceptors (Lipinski definition) is 5. The number of nitrogen functional groups attached to an aromatic ring is 1. The maximum atomic E-state index is 11.3. The van der Waals surface area contributed by atoms with Gasteiger partial charge in [0.15, 0.2) is 0 Å². The highest BCUT2D eigenvalue weighted by molar-refractivity contribution is 9.10. The number of nitrogens with zero attached hydrogens (tertiary/aromatic N) is 1. The summed E-state index contributed by atoms with van der Waals surface area (Å²) in [5.41, 5.74) is 2.58. The maximum absolute atomic E-state index is 11.3. The van der Waals surface area contributed by atoms with Crippen LogP contribution in [0.2, 0.25) is 0 Å². The predicted octanol–water partition coefficient (Wildman–Crippen LogP) is 2.62. The van der Waals surface area contributed by atoms with Gasteiger partial charge in [0, 0.05) is 22.0 Å². The zero-order chi connectivity index (χ0) is 15.1. The largest absolute Gasteiger partial charge is 0.493 e. The van der Waals surface area contributed by atoms with Crippen molar-refractivity contribution in [2.24, 2.45) is 5.84 Å². The predicted molar refractivity (Wildman–Crippen MR) is 86.3 cm³/mol. The minimum Gasteiger partial charge on any atom is -0.493 e. The van der Waals surface area contributed by atoms with Crippen LogP contribution >= 0.6 is 27.7 Å². The van der Waals surface area contributed by atoms with Crippen LogP contribution in [-0.2, 0) is 0 Å². The van der Waals surface area contributed by atoms with Gasteiger partial charge in [-0.3, -0.25) is 10.2 Å². The fourth-order valence-corrected chi connectivity index (χ4v) is 2.44. The Labute approximate surface area is 135 Å². The number of carbonyl (C=O) groups excluding carboxylic acids is 1. The number of amides is 1. The molecule has 0 unspecified atom stereocenters. The normalized spacial score (nSPS) is 10.2. The van der Waals surface area contributed by atoms with E-state index in [-0.39, 0.29) is 5.91 Å². The van der Waals surface area contributed by atoms with E-state index in [1.165, 1.54) is 0 Å². The molecule has 1 aromatic heterocycles. The molecule has 0 bridgehead atoms. The minimum atomic E-state index is -0.321. The second-order valence-corrected chi connectivity index (χ2v) is 6.04. The van der Waals surface area contributed by atoms with E-state index in [4.69, 9.17) is 10.6 Å². The van der Waals surface area contributed by atoms with Gasteiger partial charge in [0.2, 0.25) is 0 Å². The van der Waals surface area contributed by atoms with E-state index >= 15 is 0 Å². The van der Waals surface area contributed by atoms with Crippen LogP contribution in [-0.4, -0.2) is 23.3 Å². The molecule has 0 saturated carbocycles. The van der Waals surface area contributed by atoms with E-state index in [9.17, 15) is 4.79 Å². The quantitative estimate of drug-likeness (QED) is 0.270. The molecule has 0 spiro atoms. The molecule has 1 heterocycles. The highest BCUT2D eigenvalue weighted by Gasteiger charge is 2.03. The van der Waals surface area contributed by atoms with E-state index in [2.05, 4.69) is 26.3 Å². The molecule has 3 N–H and O–H groups in total. The maximum Gasteiger partial charge on any atom is 0.265 e. The Bertz CT molecular complexity index is 590. The lowest BCUT2D eigenvalue weighted by atomic mass is 10.2. The first-order chi connectivity index (χ1) is 10.2. The van der Waals surface area contributed by atoms with Crippen LogP contribution in [0.25, 0.3) is 0 Å². The molecule has 0 radical (unpaired) electrons. The zero-order valence-electron chi connectivity index (χ0n) is 11.1. The summed E-state index contributed by atoms with van der Waals surface area (Å²) in [6.45, 7) is 0.560. The van der Waals surface area contributed by atoms with E-state index in [0.717, 1.165) is 15.3 Å². The summed E-state index contributed by atoms with van der Waals surface area (Å²) < 4.78 is 6.56. The minimum absolute atomic E-state index is 0.321. The second-order valence-electron chi connectivity index (χ2n) is 4.01. The molecule has 0 saturated heterocycles. The van der Waals surface area contributed by atoms with Gasteiger partial charge in [-0.15, -0.1) is 11.8 Å². The van der Waals surface area contributed by atoms with E-state index in [0.29, 0.717) is 17.9 Å². The number of hydrazine groups is 1. The summed E-state index contributed by atoms with van der Waals surface area (Å²) >= 11 is 4.97. The first-order valence-electron chi connectivity index (χ1n) is 6.17. The van der Waals surface area contributed by atoms with Gasteiger partial charge in [0.25, 0.3) is 5.91 Å². The van der Waals surface area contributed by atoms with Gasteiger partial charge in [0.1, 0.15) is 5.75 Å². The van der Waals surface area contributed by atoms with Gasteiger partial charge in [-0.1, -0.05) is 0 Å². The van der Waals surface area contributed by atoms with Crippen LogP contribution in [0, 0.1) is 0 Å². The van der Waals surface area contributed by atoms with Crippen molar-refractivity contribution >= 4 is 33.6 Å². The summed E-state index contributed by atoms with van der Waals surface area (Å²) in [6, 6.07) is 10.7. The van der Waals surface area contributed by atoms with Crippen LogP contribution in [0.5, 0.6) is 5.75 Å². The number of nitrogens with two attached hydrogens (primary N) is 1. The van der Waals surface area contributed by atoms with E-state index in [1.54, 1.807) is 42.2 Å². The lowest BCUT2D eigenvalue weighted by Gasteiger charge is -2.06. The lowest BCUT2D eigenvalue weighted by molar-refractivity contribution is 0.0953. The fraction of sp³-hybridized carbons (Fsp3) is 0.143. The molecule has 0 atom stereocenters. The van der Waals surface area contributed by atoms with Crippen LogP contribution < -0.4 is 16.0 Å². The molecule has 110 valence electrons. The number of aromatic nitrogens is 1. The van der Waals surface area contributed by atoms with Crippen molar-refractivity contribution in [2.45, 2.75) is 5.03 Å². The number of rotatable bonds is 6. The van der Waals surface area contributed by atoms with Crippen molar-refractivity contribution in [3.8, 4) is 5.75 Å². The Hall–Kier alpha value is -1.57. The Balaban J connectivity index is 1.75. The molecule has 0 fully saturated rings. The fourth-order valence-electron chi connectivity index (χ4n) is 1.54. The first-order valence-corrected chi connectivity index (χ1v) is 7.95.